The normalized spacial score (nSPS) is 19.9. The van der Waals surface area contributed by atoms with Crippen LogP contribution in [-0.4, -0.2) is 42.9 Å². The van der Waals surface area contributed by atoms with Crippen LogP contribution >= 0.6 is 0 Å². The van der Waals surface area contributed by atoms with Gasteiger partial charge in [-0.15, -0.1) is 0 Å². The number of rotatable bonds is 4. The molecule has 1 heterocycles. The van der Waals surface area contributed by atoms with E-state index < -0.39 is 0 Å². The van der Waals surface area contributed by atoms with Crippen LogP contribution in [0.1, 0.15) is 30.1 Å². The largest absolute Gasteiger partial charge is 0.387 e. The molecule has 1 aromatic rings. The molecule has 1 aromatic carbocycles. The van der Waals surface area contributed by atoms with Gasteiger partial charge in [0, 0.05) is 26.7 Å². The minimum atomic E-state index is -0.385. The minimum Gasteiger partial charge on any atom is -0.387 e. The van der Waals surface area contributed by atoms with Gasteiger partial charge in [0.2, 0.25) is 0 Å². The predicted octanol–water partition coefficient (Wildman–Crippen LogP) is 2.14. The molecule has 0 amide bonds. The molecular weight excluding hydrogens is 226 g/mol. The van der Waals surface area contributed by atoms with E-state index in [-0.39, 0.29) is 6.10 Å². The maximum atomic E-state index is 10.2. The molecule has 0 aromatic heterocycles. The topological polar surface area (TPSA) is 32.7 Å². The van der Waals surface area contributed by atoms with E-state index in [1.54, 1.807) is 7.11 Å². The van der Waals surface area contributed by atoms with Crippen LogP contribution in [0.25, 0.3) is 0 Å². The Morgan fingerprint density at radius 3 is 2.72 bits per heavy atom. The Bertz CT molecular complexity index is 373. The van der Waals surface area contributed by atoms with Crippen LogP contribution in [0.4, 0.5) is 0 Å². The van der Waals surface area contributed by atoms with E-state index in [9.17, 15) is 5.11 Å². The molecule has 18 heavy (non-hydrogen) atoms. The quantitative estimate of drug-likeness (QED) is 0.887. The Hall–Kier alpha value is -0.900. The van der Waals surface area contributed by atoms with Gasteiger partial charge in [-0.1, -0.05) is 29.8 Å². The molecule has 0 saturated carbocycles. The van der Waals surface area contributed by atoms with E-state index >= 15 is 0 Å². The second-order valence-electron chi connectivity index (χ2n) is 5.17. The fourth-order valence-corrected chi connectivity index (χ4v) is 2.55. The Kier molecular flexibility index (Phi) is 4.75. The molecule has 0 spiro atoms. The van der Waals surface area contributed by atoms with Crippen LogP contribution < -0.4 is 0 Å². The van der Waals surface area contributed by atoms with Crippen LogP contribution in [0.2, 0.25) is 0 Å². The smallest absolute Gasteiger partial charge is 0.0917 e. The third-order valence-electron chi connectivity index (χ3n) is 3.73. The molecule has 100 valence electrons. The molecule has 0 radical (unpaired) electrons. The SMILES string of the molecule is COC1CCN(CC(O)c2cccc(C)c2)CC1. The number of hydrogen-bond donors (Lipinski definition) is 1. The lowest BCUT2D eigenvalue weighted by Crippen LogP contribution is -2.38. The van der Waals surface area contributed by atoms with Gasteiger partial charge in [0.15, 0.2) is 0 Å². The summed E-state index contributed by atoms with van der Waals surface area (Å²) in [6.45, 7) is 4.81. The zero-order valence-corrected chi connectivity index (χ0v) is 11.3. The number of aliphatic hydroxyl groups is 1. The van der Waals surface area contributed by atoms with Crippen LogP contribution in [0, 0.1) is 6.92 Å². The van der Waals surface area contributed by atoms with Crippen LogP contribution in [0.3, 0.4) is 0 Å². The van der Waals surface area contributed by atoms with Crippen LogP contribution in [-0.2, 0) is 4.74 Å². The molecule has 2 rings (SSSR count). The molecule has 3 heteroatoms. The van der Waals surface area contributed by atoms with E-state index in [1.165, 1.54) is 5.56 Å². The van der Waals surface area contributed by atoms with E-state index in [4.69, 9.17) is 4.74 Å². The van der Waals surface area contributed by atoms with Crippen molar-refractivity contribution in [1.29, 1.82) is 0 Å². The molecule has 1 N–H and O–H groups in total. The van der Waals surface area contributed by atoms with E-state index in [0.29, 0.717) is 6.10 Å². The number of piperidine rings is 1. The number of likely N-dealkylation sites (tertiary alicyclic amines) is 1. The minimum absolute atomic E-state index is 0.385. The first kappa shape index (κ1) is 13.5. The average Bonchev–Trinajstić information content (AvgIpc) is 2.39. The molecule has 3 nitrogen and oxygen atoms in total. The average molecular weight is 249 g/mol. The van der Waals surface area contributed by atoms with Gasteiger partial charge in [-0.2, -0.15) is 0 Å². The molecular formula is C15H23NO2. The highest BCUT2D eigenvalue weighted by atomic mass is 16.5. The Balaban J connectivity index is 1.86. The van der Waals surface area contributed by atoms with Crippen molar-refractivity contribution in [2.45, 2.75) is 32.0 Å². The molecule has 0 aliphatic carbocycles. The van der Waals surface area contributed by atoms with Gasteiger partial charge in [-0.05, 0) is 25.3 Å². The first-order chi connectivity index (χ1) is 8.69. The number of benzene rings is 1. The van der Waals surface area contributed by atoms with Crippen molar-refractivity contribution in [3.63, 3.8) is 0 Å². The highest BCUT2D eigenvalue weighted by Crippen LogP contribution is 2.19. The summed E-state index contributed by atoms with van der Waals surface area (Å²) in [6, 6.07) is 8.12. The fraction of sp³-hybridized carbons (Fsp3) is 0.600. The van der Waals surface area contributed by atoms with Crippen molar-refractivity contribution in [3.8, 4) is 0 Å². The number of aliphatic hydroxyl groups excluding tert-OH is 1. The van der Waals surface area contributed by atoms with Crippen LogP contribution in [0.15, 0.2) is 24.3 Å². The molecule has 1 atom stereocenters. The first-order valence-corrected chi connectivity index (χ1v) is 6.69. The van der Waals surface area contributed by atoms with Crippen molar-refractivity contribution < 1.29 is 9.84 Å². The second-order valence-corrected chi connectivity index (χ2v) is 5.17. The number of aryl methyl sites for hydroxylation is 1. The van der Waals surface area contributed by atoms with Crippen molar-refractivity contribution in [2.24, 2.45) is 0 Å². The lowest BCUT2D eigenvalue weighted by atomic mass is 10.0. The van der Waals surface area contributed by atoms with Gasteiger partial charge in [0.05, 0.1) is 12.2 Å². The second kappa shape index (κ2) is 6.32. The monoisotopic (exact) mass is 249 g/mol. The van der Waals surface area contributed by atoms with Gasteiger partial charge in [0.25, 0.3) is 0 Å². The molecule has 0 bridgehead atoms. The van der Waals surface area contributed by atoms with Crippen molar-refractivity contribution in [2.75, 3.05) is 26.7 Å². The predicted molar refractivity (Wildman–Crippen MR) is 72.6 cm³/mol. The summed E-state index contributed by atoms with van der Waals surface area (Å²) in [5, 5.41) is 10.2. The van der Waals surface area contributed by atoms with Gasteiger partial charge in [0.1, 0.15) is 0 Å². The van der Waals surface area contributed by atoms with Gasteiger partial charge >= 0.3 is 0 Å². The summed E-state index contributed by atoms with van der Waals surface area (Å²) >= 11 is 0. The Labute approximate surface area is 109 Å². The van der Waals surface area contributed by atoms with E-state index in [2.05, 4.69) is 24.0 Å². The number of nitrogens with zero attached hydrogens (tertiary/aromatic N) is 1. The standard InChI is InChI=1S/C15H23NO2/c1-12-4-3-5-13(10-12)15(17)11-16-8-6-14(18-2)7-9-16/h3-5,10,14-15,17H,6-9,11H2,1-2H3. The Morgan fingerprint density at radius 1 is 1.39 bits per heavy atom. The van der Waals surface area contributed by atoms with Gasteiger partial charge in [-0.3, -0.25) is 0 Å². The highest BCUT2D eigenvalue weighted by molar-refractivity contribution is 5.24. The summed E-state index contributed by atoms with van der Waals surface area (Å²) < 4.78 is 5.36. The number of β-amino-alcohol motifs (C(OH)–C–C–N with tert-alkyl or cyclic N) is 1. The zero-order chi connectivity index (χ0) is 13.0. The third-order valence-corrected chi connectivity index (χ3v) is 3.73. The first-order valence-electron chi connectivity index (χ1n) is 6.69. The molecule has 1 aliphatic rings. The highest BCUT2D eigenvalue weighted by Gasteiger charge is 2.21. The van der Waals surface area contributed by atoms with Crippen LogP contribution in [0.5, 0.6) is 0 Å². The summed E-state index contributed by atoms with van der Waals surface area (Å²) in [5.41, 5.74) is 2.22. The Morgan fingerprint density at radius 2 is 2.11 bits per heavy atom. The summed E-state index contributed by atoms with van der Waals surface area (Å²) in [6.07, 6.45) is 2.15. The summed E-state index contributed by atoms with van der Waals surface area (Å²) in [5.74, 6) is 0. The third kappa shape index (κ3) is 3.55. The molecule has 1 saturated heterocycles. The fourth-order valence-electron chi connectivity index (χ4n) is 2.55. The van der Waals surface area contributed by atoms with E-state index in [1.807, 2.05) is 12.1 Å². The molecule has 1 unspecified atom stereocenters. The number of methoxy groups -OCH3 is 1. The summed E-state index contributed by atoms with van der Waals surface area (Å²) in [4.78, 5) is 2.32. The number of ether oxygens (including phenoxy) is 1. The maximum absolute atomic E-state index is 10.2. The zero-order valence-electron chi connectivity index (χ0n) is 11.3. The lowest BCUT2D eigenvalue weighted by molar-refractivity contribution is 0.0242. The van der Waals surface area contributed by atoms with Crippen molar-refractivity contribution in [1.82, 2.24) is 4.90 Å². The van der Waals surface area contributed by atoms with Crippen molar-refractivity contribution in [3.05, 3.63) is 35.4 Å². The lowest BCUT2D eigenvalue weighted by Gasteiger charge is -2.32. The molecule has 1 aliphatic heterocycles. The molecule has 1 fully saturated rings. The summed E-state index contributed by atoms with van der Waals surface area (Å²) in [7, 11) is 1.78. The van der Waals surface area contributed by atoms with Gasteiger partial charge in [-0.25, -0.2) is 0 Å². The number of hydrogen-bond acceptors (Lipinski definition) is 3. The van der Waals surface area contributed by atoms with Gasteiger partial charge < -0.3 is 14.7 Å². The van der Waals surface area contributed by atoms with E-state index in [0.717, 1.165) is 38.0 Å². The van der Waals surface area contributed by atoms with Crippen molar-refractivity contribution >= 4 is 0 Å². The maximum Gasteiger partial charge on any atom is 0.0917 e.